The molecule has 0 radical (unpaired) electrons. The number of sulfone groups is 1. The zero-order valence-corrected chi connectivity index (χ0v) is 16.7. The van der Waals surface area contributed by atoms with Gasteiger partial charge < -0.3 is 11.5 Å². The SMILES string of the molecule is Cc1ccc(Sc2cc(C)c(C(=O)N=C(N)N)cc2S(C)(=O)=O)c(C)c1. The molecule has 138 valence electrons. The van der Waals surface area contributed by atoms with Crippen molar-refractivity contribution in [3.05, 3.63) is 52.6 Å². The molecule has 6 nitrogen and oxygen atoms in total. The van der Waals surface area contributed by atoms with E-state index in [0.29, 0.717) is 10.5 Å². The van der Waals surface area contributed by atoms with Crippen molar-refractivity contribution in [2.45, 2.75) is 35.5 Å². The monoisotopic (exact) mass is 391 g/mol. The Balaban J connectivity index is 2.61. The van der Waals surface area contributed by atoms with E-state index in [1.165, 1.54) is 17.8 Å². The molecule has 0 aliphatic carbocycles. The number of nitrogens with two attached hydrogens (primary N) is 2. The lowest BCUT2D eigenvalue weighted by molar-refractivity contribution is 0.100. The van der Waals surface area contributed by atoms with Crippen molar-refractivity contribution >= 4 is 33.5 Å². The molecule has 2 rings (SSSR count). The van der Waals surface area contributed by atoms with Gasteiger partial charge in [-0.25, -0.2) is 8.42 Å². The quantitative estimate of drug-likeness (QED) is 0.611. The maximum atomic E-state index is 12.3. The van der Waals surface area contributed by atoms with Crippen molar-refractivity contribution < 1.29 is 13.2 Å². The fourth-order valence-corrected chi connectivity index (χ4v) is 4.79. The molecule has 0 atom stereocenters. The number of benzene rings is 2. The third kappa shape index (κ3) is 4.64. The summed E-state index contributed by atoms with van der Waals surface area (Å²) in [4.78, 5) is 17.2. The van der Waals surface area contributed by atoms with Crippen LogP contribution >= 0.6 is 11.8 Å². The predicted molar refractivity (Wildman–Crippen MR) is 104 cm³/mol. The molecule has 2 aromatic carbocycles. The van der Waals surface area contributed by atoms with Crippen molar-refractivity contribution in [1.82, 2.24) is 0 Å². The summed E-state index contributed by atoms with van der Waals surface area (Å²) < 4.78 is 24.6. The van der Waals surface area contributed by atoms with E-state index >= 15 is 0 Å². The molecule has 0 aliphatic rings. The molecule has 4 N–H and O–H groups in total. The van der Waals surface area contributed by atoms with E-state index in [1.54, 1.807) is 13.0 Å². The predicted octanol–water partition coefficient (Wildman–Crippen LogP) is 2.58. The van der Waals surface area contributed by atoms with Gasteiger partial charge >= 0.3 is 0 Å². The molecular formula is C18H21N3O3S2. The van der Waals surface area contributed by atoms with Crippen molar-refractivity contribution in [3.8, 4) is 0 Å². The van der Waals surface area contributed by atoms with Crippen molar-refractivity contribution in [2.24, 2.45) is 16.5 Å². The number of carbonyl (C=O) groups is 1. The number of rotatable bonds is 4. The van der Waals surface area contributed by atoms with E-state index in [-0.39, 0.29) is 16.4 Å². The first-order valence-corrected chi connectivity index (χ1v) is 10.4. The molecular weight excluding hydrogens is 370 g/mol. The summed E-state index contributed by atoms with van der Waals surface area (Å²) >= 11 is 1.35. The third-order valence-electron chi connectivity index (χ3n) is 3.70. The Kier molecular flexibility index (Phi) is 5.77. The summed E-state index contributed by atoms with van der Waals surface area (Å²) in [7, 11) is -3.56. The van der Waals surface area contributed by atoms with Gasteiger partial charge in [0.15, 0.2) is 15.8 Å². The molecule has 8 heteroatoms. The van der Waals surface area contributed by atoms with Crippen LogP contribution in [0.4, 0.5) is 0 Å². The molecule has 2 aromatic rings. The molecule has 0 aromatic heterocycles. The van der Waals surface area contributed by atoms with Gasteiger partial charge in [0.1, 0.15) is 0 Å². The zero-order chi connectivity index (χ0) is 19.6. The Bertz CT molecular complexity index is 1010. The van der Waals surface area contributed by atoms with Crippen LogP contribution in [0.3, 0.4) is 0 Å². The second kappa shape index (κ2) is 7.51. The lowest BCUT2D eigenvalue weighted by Crippen LogP contribution is -2.24. The summed E-state index contributed by atoms with van der Waals surface area (Å²) in [5, 5.41) is 0. The smallest absolute Gasteiger partial charge is 0.280 e. The highest BCUT2D eigenvalue weighted by Gasteiger charge is 2.20. The summed E-state index contributed by atoms with van der Waals surface area (Å²) in [5.41, 5.74) is 13.4. The number of amides is 1. The number of guanidine groups is 1. The summed E-state index contributed by atoms with van der Waals surface area (Å²) in [5.74, 6) is -1.04. The number of hydrogen-bond acceptors (Lipinski definition) is 4. The Labute approximate surface area is 157 Å². The van der Waals surface area contributed by atoms with E-state index in [1.807, 2.05) is 32.0 Å². The molecule has 0 unspecified atom stereocenters. The van der Waals surface area contributed by atoms with Crippen LogP contribution in [0.15, 0.2) is 50.0 Å². The van der Waals surface area contributed by atoms with E-state index in [9.17, 15) is 13.2 Å². The number of aliphatic imine (C=N–C) groups is 1. The van der Waals surface area contributed by atoms with Crippen molar-refractivity contribution in [1.29, 1.82) is 0 Å². The number of nitrogens with zero attached hydrogens (tertiary/aromatic N) is 1. The molecule has 0 saturated carbocycles. The topological polar surface area (TPSA) is 116 Å². The zero-order valence-electron chi connectivity index (χ0n) is 15.0. The average Bonchev–Trinajstić information content (AvgIpc) is 2.48. The van der Waals surface area contributed by atoms with Gasteiger partial charge in [0.05, 0.1) is 4.90 Å². The van der Waals surface area contributed by atoms with Crippen LogP contribution in [0.1, 0.15) is 27.0 Å². The minimum Gasteiger partial charge on any atom is -0.370 e. The van der Waals surface area contributed by atoms with Gasteiger partial charge in [0.25, 0.3) is 5.91 Å². The highest BCUT2D eigenvalue weighted by atomic mass is 32.2. The highest BCUT2D eigenvalue weighted by molar-refractivity contribution is 8.00. The van der Waals surface area contributed by atoms with Crippen LogP contribution < -0.4 is 11.5 Å². The van der Waals surface area contributed by atoms with Gasteiger partial charge in [-0.1, -0.05) is 29.5 Å². The van der Waals surface area contributed by atoms with Crippen LogP contribution in [-0.2, 0) is 9.84 Å². The fourth-order valence-electron chi connectivity index (χ4n) is 2.47. The average molecular weight is 392 g/mol. The largest absolute Gasteiger partial charge is 0.370 e. The fraction of sp³-hybridized carbons (Fsp3) is 0.222. The maximum Gasteiger partial charge on any atom is 0.280 e. The molecule has 0 fully saturated rings. The highest BCUT2D eigenvalue weighted by Crippen LogP contribution is 2.36. The summed E-state index contributed by atoms with van der Waals surface area (Å²) in [6, 6.07) is 8.97. The van der Waals surface area contributed by atoms with Crippen LogP contribution in [-0.4, -0.2) is 26.5 Å². The third-order valence-corrected chi connectivity index (χ3v) is 6.20. The molecule has 0 spiro atoms. The maximum absolute atomic E-state index is 12.3. The first-order valence-electron chi connectivity index (χ1n) is 7.73. The lowest BCUT2D eigenvalue weighted by atomic mass is 10.1. The number of aryl methyl sites for hydroxylation is 3. The van der Waals surface area contributed by atoms with Crippen molar-refractivity contribution in [3.63, 3.8) is 0 Å². The van der Waals surface area contributed by atoms with Gasteiger partial charge in [-0.15, -0.1) is 0 Å². The Morgan fingerprint density at radius 2 is 1.65 bits per heavy atom. The molecule has 0 saturated heterocycles. The van der Waals surface area contributed by atoms with Gasteiger partial charge in [-0.3, -0.25) is 4.79 Å². The van der Waals surface area contributed by atoms with Gasteiger partial charge in [0.2, 0.25) is 0 Å². The molecule has 0 heterocycles. The second-order valence-corrected chi connectivity index (χ2v) is 9.17. The Morgan fingerprint density at radius 1 is 1.00 bits per heavy atom. The van der Waals surface area contributed by atoms with Crippen molar-refractivity contribution in [2.75, 3.05) is 6.26 Å². The van der Waals surface area contributed by atoms with Crippen LogP contribution in [0.2, 0.25) is 0 Å². The van der Waals surface area contributed by atoms with Crippen LogP contribution in [0.25, 0.3) is 0 Å². The first-order chi connectivity index (χ1) is 12.0. The minimum atomic E-state index is -3.56. The lowest BCUT2D eigenvalue weighted by Gasteiger charge is -2.13. The molecule has 1 amide bonds. The minimum absolute atomic E-state index is 0.0715. The first kappa shape index (κ1) is 20.0. The van der Waals surface area contributed by atoms with Gasteiger partial charge in [-0.05, 0) is 50.1 Å². The number of hydrogen-bond donors (Lipinski definition) is 2. The van der Waals surface area contributed by atoms with Crippen LogP contribution in [0.5, 0.6) is 0 Å². The Morgan fingerprint density at radius 3 is 2.19 bits per heavy atom. The standard InChI is InChI=1S/C18H21N3O3S2/c1-10-5-6-14(12(3)7-10)25-15-8-11(2)13(17(22)21-18(19)20)9-16(15)26(4,23)24/h5-9H,1-4H3,(H4,19,20,21,22). The van der Waals surface area contributed by atoms with Gasteiger partial charge in [-0.2, -0.15) is 4.99 Å². The molecule has 0 bridgehead atoms. The van der Waals surface area contributed by atoms with Crippen LogP contribution in [0, 0.1) is 20.8 Å². The summed E-state index contributed by atoms with van der Waals surface area (Å²) in [6.07, 6.45) is 1.11. The van der Waals surface area contributed by atoms with E-state index in [0.717, 1.165) is 22.3 Å². The number of carbonyl (C=O) groups excluding carboxylic acids is 1. The van der Waals surface area contributed by atoms with E-state index in [2.05, 4.69) is 4.99 Å². The van der Waals surface area contributed by atoms with E-state index in [4.69, 9.17) is 11.5 Å². The normalized spacial score (nSPS) is 11.2. The Hall–Kier alpha value is -2.32. The van der Waals surface area contributed by atoms with Gasteiger partial charge in [0, 0.05) is 21.6 Å². The van der Waals surface area contributed by atoms with E-state index < -0.39 is 15.7 Å². The molecule has 26 heavy (non-hydrogen) atoms. The second-order valence-electron chi connectivity index (χ2n) is 6.10. The molecule has 0 aliphatic heterocycles. The summed E-state index contributed by atoms with van der Waals surface area (Å²) in [6.45, 7) is 5.68.